The van der Waals surface area contributed by atoms with Crippen LogP contribution in [-0.4, -0.2) is 22.2 Å². The van der Waals surface area contributed by atoms with Gasteiger partial charge in [-0.3, -0.25) is 0 Å². The number of allylic oxidation sites excluding steroid dienone is 2. The first-order valence-corrected chi connectivity index (χ1v) is 7.59. The van der Waals surface area contributed by atoms with Crippen LogP contribution in [0.2, 0.25) is 0 Å². The summed E-state index contributed by atoms with van der Waals surface area (Å²) in [4.78, 5) is 21.0. The largest absolute Gasteiger partial charge is 2.00 e. The van der Waals surface area contributed by atoms with Crippen LogP contribution in [0.3, 0.4) is 0 Å². The predicted molar refractivity (Wildman–Crippen MR) is 92.7 cm³/mol. The number of rotatable bonds is 6. The number of aromatic carboxylic acids is 2. The molecule has 0 fully saturated rings. The number of benzene rings is 2. The van der Waals surface area contributed by atoms with Crippen molar-refractivity contribution < 1.29 is 49.5 Å². The summed E-state index contributed by atoms with van der Waals surface area (Å²) in [5.74, 6) is -3.21. The molecule has 0 unspecified atom stereocenters. The van der Waals surface area contributed by atoms with E-state index < -0.39 is 11.9 Å². The van der Waals surface area contributed by atoms with Crippen LogP contribution < -0.4 is 10.2 Å². The van der Waals surface area contributed by atoms with E-state index in [1.54, 1.807) is 36.4 Å². The maximum atomic E-state index is 10.5. The Bertz CT molecular complexity index is 760. The van der Waals surface area contributed by atoms with Crippen molar-refractivity contribution >= 4 is 11.9 Å². The number of carbonyl (C=O) groups is 2. The summed E-state index contributed by atoms with van der Waals surface area (Å²) in [6.07, 6.45) is 4.06. The molecule has 0 heterocycles. The Hall–Kier alpha value is -2.92. The van der Waals surface area contributed by atoms with Gasteiger partial charge in [0.2, 0.25) is 0 Å². The molecule has 0 atom stereocenters. The summed E-state index contributed by atoms with van der Waals surface area (Å²) in [6, 6.07) is 9.01. The van der Waals surface area contributed by atoms with Crippen molar-refractivity contribution in [1.29, 1.82) is 0 Å². The third-order valence-corrected chi connectivity index (χ3v) is 3.41. The molecule has 0 bridgehead atoms. The van der Waals surface area contributed by atoms with Gasteiger partial charge in [0, 0.05) is 11.1 Å². The second-order valence-corrected chi connectivity index (χ2v) is 5.19. The Labute approximate surface area is 169 Å². The van der Waals surface area contributed by atoms with Gasteiger partial charge in [-0.2, -0.15) is 0 Å². The summed E-state index contributed by atoms with van der Waals surface area (Å²) in [5.41, 5.74) is 0.715. The van der Waals surface area contributed by atoms with Gasteiger partial charge < -0.3 is 30.0 Å². The monoisotopic (exact) mass is 418 g/mol. The summed E-state index contributed by atoms with van der Waals surface area (Å²) >= 11 is 0. The molecular weight excluding hydrogens is 402 g/mol. The zero-order valence-corrected chi connectivity index (χ0v) is 17.6. The Morgan fingerprint density at radius 3 is 1.41 bits per heavy atom. The first kappa shape index (κ1) is 24.1. The van der Waals surface area contributed by atoms with Crippen molar-refractivity contribution in [3.63, 3.8) is 0 Å². The average Bonchev–Trinajstić information content (AvgIpc) is 2.59. The third-order valence-electron chi connectivity index (χ3n) is 3.41. The summed E-state index contributed by atoms with van der Waals surface area (Å²) < 4.78 is 0. The van der Waals surface area contributed by atoms with Crippen LogP contribution in [0.1, 0.15) is 31.8 Å². The van der Waals surface area contributed by atoms with E-state index in [0.29, 0.717) is 24.0 Å². The van der Waals surface area contributed by atoms with Gasteiger partial charge in [-0.1, -0.05) is 36.4 Å². The first-order valence-electron chi connectivity index (χ1n) is 7.59. The van der Waals surface area contributed by atoms with Gasteiger partial charge in [0.15, 0.2) is 0 Å². The molecule has 0 radical (unpaired) electrons. The number of carbonyl (C=O) groups excluding carboxylic acids is 2. The SMILES string of the molecule is C=CCc1cccc(C(=O)[O-])c1O.C=CCc1cccc(C(=O)[O-])c1O.[Zn+2]. The number of phenols is 2. The fourth-order valence-corrected chi connectivity index (χ4v) is 2.15. The summed E-state index contributed by atoms with van der Waals surface area (Å²) in [6.45, 7) is 6.99. The van der Waals surface area contributed by atoms with Crippen molar-refractivity contribution in [2.24, 2.45) is 0 Å². The van der Waals surface area contributed by atoms with Crippen LogP contribution in [0.5, 0.6) is 11.5 Å². The van der Waals surface area contributed by atoms with Crippen molar-refractivity contribution in [1.82, 2.24) is 0 Å². The minimum Gasteiger partial charge on any atom is -0.545 e. The van der Waals surface area contributed by atoms with Gasteiger partial charge in [-0.05, 0) is 36.1 Å². The molecule has 27 heavy (non-hydrogen) atoms. The Morgan fingerprint density at radius 1 is 0.815 bits per heavy atom. The molecule has 0 amide bonds. The second-order valence-electron chi connectivity index (χ2n) is 5.19. The first-order chi connectivity index (χ1) is 12.3. The molecule has 0 saturated carbocycles. The number of carboxylic acids is 2. The minimum absolute atomic E-state index is 0. The quantitative estimate of drug-likeness (QED) is 0.531. The molecule has 0 aromatic heterocycles. The maximum absolute atomic E-state index is 10.5. The van der Waals surface area contributed by atoms with Gasteiger partial charge in [0.25, 0.3) is 0 Å². The zero-order chi connectivity index (χ0) is 19.7. The Morgan fingerprint density at radius 2 is 1.15 bits per heavy atom. The van der Waals surface area contributed by atoms with E-state index in [-0.39, 0.29) is 42.1 Å². The Balaban J connectivity index is 0.000000483. The van der Waals surface area contributed by atoms with E-state index in [1.807, 2.05) is 0 Å². The topological polar surface area (TPSA) is 121 Å². The van der Waals surface area contributed by atoms with Gasteiger partial charge in [-0.25, -0.2) is 0 Å². The van der Waals surface area contributed by atoms with E-state index in [0.717, 1.165) is 0 Å². The maximum Gasteiger partial charge on any atom is 2.00 e. The molecule has 6 nitrogen and oxygen atoms in total. The van der Waals surface area contributed by atoms with Crippen LogP contribution in [0.25, 0.3) is 0 Å². The van der Waals surface area contributed by atoms with E-state index >= 15 is 0 Å². The van der Waals surface area contributed by atoms with Gasteiger partial charge in [-0.15, -0.1) is 13.2 Å². The van der Waals surface area contributed by atoms with Crippen LogP contribution >= 0.6 is 0 Å². The molecule has 2 aromatic carbocycles. The van der Waals surface area contributed by atoms with Crippen molar-refractivity contribution in [2.45, 2.75) is 12.8 Å². The smallest absolute Gasteiger partial charge is 0.545 e. The molecular formula is C20H18O6Zn. The van der Waals surface area contributed by atoms with Crippen molar-refractivity contribution in [3.8, 4) is 11.5 Å². The summed E-state index contributed by atoms with van der Waals surface area (Å²) in [7, 11) is 0. The fraction of sp³-hybridized carbons (Fsp3) is 0.100. The summed E-state index contributed by atoms with van der Waals surface area (Å²) in [5, 5.41) is 39.8. The van der Waals surface area contributed by atoms with Gasteiger partial charge in [0.05, 0.1) is 11.9 Å². The third kappa shape index (κ3) is 6.72. The van der Waals surface area contributed by atoms with Crippen LogP contribution in [0.15, 0.2) is 61.7 Å². The second kappa shape index (κ2) is 11.7. The number of hydrogen-bond donors (Lipinski definition) is 2. The molecule has 0 aliphatic rings. The molecule has 2 N–H and O–H groups in total. The van der Waals surface area contributed by atoms with Gasteiger partial charge >= 0.3 is 19.5 Å². The molecule has 0 saturated heterocycles. The van der Waals surface area contributed by atoms with Crippen molar-refractivity contribution in [3.05, 3.63) is 84.0 Å². The van der Waals surface area contributed by atoms with E-state index in [2.05, 4.69) is 13.2 Å². The molecule has 2 aromatic rings. The molecule has 0 aliphatic carbocycles. The minimum atomic E-state index is -1.37. The molecule has 7 heteroatoms. The van der Waals surface area contributed by atoms with E-state index in [9.17, 15) is 30.0 Å². The number of aromatic hydroxyl groups is 2. The fourth-order valence-electron chi connectivity index (χ4n) is 2.15. The van der Waals surface area contributed by atoms with Crippen LogP contribution in [-0.2, 0) is 32.3 Å². The predicted octanol–water partition coefficient (Wildman–Crippen LogP) is 0.966. The normalized spacial score (nSPS) is 9.19. The number of carboxylic acid groups (broad SMARTS) is 2. The average molecular weight is 420 g/mol. The standard InChI is InChI=1S/2C10H10O3.Zn/c2*1-2-4-7-5-3-6-8(9(7)11)10(12)13;/h2*2-3,5-6,11H,1,4H2,(H,12,13);/q;;+2/p-2. The zero-order valence-electron chi connectivity index (χ0n) is 14.7. The number of para-hydroxylation sites is 2. The van der Waals surface area contributed by atoms with Crippen LogP contribution in [0.4, 0.5) is 0 Å². The van der Waals surface area contributed by atoms with E-state index in [1.165, 1.54) is 12.1 Å². The molecule has 0 aliphatic heterocycles. The van der Waals surface area contributed by atoms with Gasteiger partial charge in [0.1, 0.15) is 11.5 Å². The molecule has 136 valence electrons. The molecule has 2 rings (SSSR count). The van der Waals surface area contributed by atoms with Crippen LogP contribution in [0, 0.1) is 0 Å². The van der Waals surface area contributed by atoms with Crippen molar-refractivity contribution in [2.75, 3.05) is 0 Å². The number of hydrogen-bond acceptors (Lipinski definition) is 6. The molecule has 0 spiro atoms. The Kier molecular flexibility index (Phi) is 10.4. The van der Waals surface area contributed by atoms with E-state index in [4.69, 9.17) is 0 Å².